The Balaban J connectivity index is 2.12. The first-order valence-corrected chi connectivity index (χ1v) is 6.26. The van der Waals surface area contributed by atoms with Crippen LogP contribution in [0.25, 0.3) is 11.1 Å². The summed E-state index contributed by atoms with van der Waals surface area (Å²) in [6, 6.07) is 7.27. The van der Waals surface area contributed by atoms with Gasteiger partial charge in [0.1, 0.15) is 11.6 Å². The third-order valence-corrected chi connectivity index (χ3v) is 3.93. The van der Waals surface area contributed by atoms with Crippen molar-refractivity contribution in [1.82, 2.24) is 10.6 Å². The van der Waals surface area contributed by atoms with Crippen molar-refractivity contribution in [3.8, 4) is 11.1 Å². The van der Waals surface area contributed by atoms with Gasteiger partial charge in [0.05, 0.1) is 0 Å². The van der Waals surface area contributed by atoms with E-state index in [1.807, 2.05) is 0 Å². The number of benzene rings is 2. The van der Waals surface area contributed by atoms with Crippen LogP contribution >= 0.6 is 0 Å². The second-order valence-electron chi connectivity index (χ2n) is 5.04. The summed E-state index contributed by atoms with van der Waals surface area (Å²) in [5.74, 6) is -1.70. The number of amides is 3. The number of carbonyl (C=O) groups excluding carboxylic acids is 2. The van der Waals surface area contributed by atoms with Gasteiger partial charge in [0.25, 0.3) is 5.91 Å². The number of hydrogen-bond donors (Lipinski definition) is 2. The molecular formula is C15H8F2N2O2. The van der Waals surface area contributed by atoms with Crippen molar-refractivity contribution in [3.63, 3.8) is 0 Å². The van der Waals surface area contributed by atoms with Gasteiger partial charge in [-0.05, 0) is 35.4 Å². The average molecular weight is 286 g/mol. The number of fused-ring (bicyclic) bond motifs is 5. The zero-order valence-corrected chi connectivity index (χ0v) is 10.5. The first kappa shape index (κ1) is 12.0. The molecule has 21 heavy (non-hydrogen) atoms. The Morgan fingerprint density at radius 2 is 1.38 bits per heavy atom. The van der Waals surface area contributed by atoms with E-state index < -0.39 is 29.1 Å². The number of imide groups is 1. The molecule has 1 heterocycles. The van der Waals surface area contributed by atoms with E-state index in [9.17, 15) is 18.4 Å². The van der Waals surface area contributed by atoms with E-state index >= 15 is 0 Å². The number of halogens is 2. The van der Waals surface area contributed by atoms with Gasteiger partial charge in [0, 0.05) is 11.1 Å². The number of urea groups is 1. The SMILES string of the molecule is O=C1NC(=O)C2(N1)c1cc(F)ccc1-c1ccc(F)cc12. The van der Waals surface area contributed by atoms with Gasteiger partial charge in [-0.3, -0.25) is 10.1 Å². The van der Waals surface area contributed by atoms with E-state index in [0.29, 0.717) is 22.3 Å². The van der Waals surface area contributed by atoms with Crippen molar-refractivity contribution in [1.29, 1.82) is 0 Å². The highest BCUT2D eigenvalue weighted by molar-refractivity contribution is 6.13. The molecule has 1 aliphatic heterocycles. The summed E-state index contributed by atoms with van der Waals surface area (Å²) in [6.07, 6.45) is 0. The Morgan fingerprint density at radius 3 is 1.81 bits per heavy atom. The number of hydrogen-bond acceptors (Lipinski definition) is 2. The van der Waals surface area contributed by atoms with E-state index in [2.05, 4.69) is 10.6 Å². The molecule has 2 N–H and O–H groups in total. The lowest BCUT2D eigenvalue weighted by Gasteiger charge is -2.23. The predicted octanol–water partition coefficient (Wildman–Crippen LogP) is 2.03. The summed E-state index contributed by atoms with van der Waals surface area (Å²) in [6.45, 7) is 0. The van der Waals surface area contributed by atoms with E-state index in [0.717, 1.165) is 0 Å². The van der Waals surface area contributed by atoms with Gasteiger partial charge in [-0.15, -0.1) is 0 Å². The fraction of sp³-hybridized carbons (Fsp3) is 0.0667. The first-order chi connectivity index (χ1) is 10.0. The van der Waals surface area contributed by atoms with Crippen molar-refractivity contribution in [2.45, 2.75) is 5.54 Å². The topological polar surface area (TPSA) is 58.2 Å². The fourth-order valence-corrected chi connectivity index (χ4v) is 3.10. The van der Waals surface area contributed by atoms with Gasteiger partial charge in [0.2, 0.25) is 0 Å². The standard InChI is InChI=1S/C15H8F2N2O2/c16-7-1-3-9-10-4-2-8(17)6-12(10)15(11(9)5-7)13(20)18-14(21)19-15/h1-6H,(H2,18,19,20,21). The van der Waals surface area contributed by atoms with E-state index in [1.54, 1.807) is 0 Å². The largest absolute Gasteiger partial charge is 0.322 e. The lowest BCUT2D eigenvalue weighted by atomic mass is 9.87. The normalized spacial score (nSPS) is 17.4. The van der Waals surface area contributed by atoms with Gasteiger partial charge in [-0.2, -0.15) is 0 Å². The van der Waals surface area contributed by atoms with Gasteiger partial charge in [-0.25, -0.2) is 13.6 Å². The van der Waals surface area contributed by atoms with Crippen LogP contribution in [0.3, 0.4) is 0 Å². The van der Waals surface area contributed by atoms with Crippen LogP contribution in [0.15, 0.2) is 36.4 Å². The Labute approximate surface area is 117 Å². The molecule has 2 aromatic carbocycles. The van der Waals surface area contributed by atoms with Crippen molar-refractivity contribution < 1.29 is 18.4 Å². The summed E-state index contributed by atoms with van der Waals surface area (Å²) in [4.78, 5) is 23.9. The molecule has 0 saturated carbocycles. The maximum Gasteiger partial charge on any atom is 0.322 e. The number of carbonyl (C=O) groups is 2. The van der Waals surface area contributed by atoms with E-state index in [1.165, 1.54) is 36.4 Å². The molecule has 104 valence electrons. The Morgan fingerprint density at radius 1 is 0.857 bits per heavy atom. The molecule has 0 atom stereocenters. The quantitative estimate of drug-likeness (QED) is 0.728. The second kappa shape index (κ2) is 3.66. The van der Waals surface area contributed by atoms with Crippen molar-refractivity contribution in [2.75, 3.05) is 0 Å². The minimum atomic E-state index is -1.56. The molecule has 0 radical (unpaired) electrons. The minimum Gasteiger partial charge on any atom is -0.316 e. The number of rotatable bonds is 0. The van der Waals surface area contributed by atoms with Crippen LogP contribution in [0.4, 0.5) is 13.6 Å². The highest BCUT2D eigenvalue weighted by Crippen LogP contribution is 2.49. The monoisotopic (exact) mass is 286 g/mol. The summed E-state index contributed by atoms with van der Waals surface area (Å²) in [7, 11) is 0. The Kier molecular flexibility index (Phi) is 2.10. The summed E-state index contributed by atoms with van der Waals surface area (Å²) < 4.78 is 27.2. The smallest absolute Gasteiger partial charge is 0.316 e. The van der Waals surface area contributed by atoms with Gasteiger partial charge < -0.3 is 5.32 Å². The first-order valence-electron chi connectivity index (χ1n) is 6.26. The molecule has 6 heteroatoms. The van der Waals surface area contributed by atoms with Crippen LogP contribution in [0, 0.1) is 11.6 Å². The molecule has 4 rings (SSSR count). The highest BCUT2D eigenvalue weighted by atomic mass is 19.1. The molecule has 4 nitrogen and oxygen atoms in total. The molecular weight excluding hydrogens is 278 g/mol. The maximum atomic E-state index is 13.6. The zero-order valence-electron chi connectivity index (χ0n) is 10.5. The predicted molar refractivity (Wildman–Crippen MR) is 69.2 cm³/mol. The highest BCUT2D eigenvalue weighted by Gasteiger charge is 2.55. The van der Waals surface area contributed by atoms with E-state index in [4.69, 9.17) is 0 Å². The van der Waals surface area contributed by atoms with Crippen LogP contribution in [-0.4, -0.2) is 11.9 Å². The Hall–Kier alpha value is -2.76. The van der Waals surface area contributed by atoms with Crippen molar-refractivity contribution in [3.05, 3.63) is 59.2 Å². The molecule has 0 bridgehead atoms. The maximum absolute atomic E-state index is 13.6. The third-order valence-electron chi connectivity index (χ3n) is 3.93. The third kappa shape index (κ3) is 1.36. The fourth-order valence-electron chi connectivity index (χ4n) is 3.10. The summed E-state index contributed by atoms with van der Waals surface area (Å²) in [5, 5.41) is 4.65. The van der Waals surface area contributed by atoms with Gasteiger partial charge in [-0.1, -0.05) is 12.1 Å². The van der Waals surface area contributed by atoms with Crippen LogP contribution in [0.2, 0.25) is 0 Å². The molecule has 1 spiro atoms. The second-order valence-corrected chi connectivity index (χ2v) is 5.04. The van der Waals surface area contributed by atoms with Crippen LogP contribution in [0.1, 0.15) is 11.1 Å². The zero-order chi connectivity index (χ0) is 14.8. The van der Waals surface area contributed by atoms with Crippen LogP contribution < -0.4 is 10.6 Å². The van der Waals surface area contributed by atoms with Crippen LogP contribution in [-0.2, 0) is 10.3 Å². The molecule has 0 aromatic heterocycles. The minimum absolute atomic E-state index is 0.312. The average Bonchev–Trinajstić information content (AvgIpc) is 2.87. The molecule has 1 aliphatic carbocycles. The summed E-state index contributed by atoms with van der Waals surface area (Å²) in [5.41, 5.74) is 0.261. The molecule has 0 unspecified atom stereocenters. The van der Waals surface area contributed by atoms with Gasteiger partial charge >= 0.3 is 6.03 Å². The lowest BCUT2D eigenvalue weighted by molar-refractivity contribution is -0.122. The molecule has 2 aliphatic rings. The summed E-state index contributed by atoms with van der Waals surface area (Å²) >= 11 is 0. The van der Waals surface area contributed by atoms with Crippen molar-refractivity contribution in [2.24, 2.45) is 0 Å². The number of nitrogens with one attached hydrogen (secondary N) is 2. The molecule has 1 fully saturated rings. The van der Waals surface area contributed by atoms with Crippen LogP contribution in [0.5, 0.6) is 0 Å². The van der Waals surface area contributed by atoms with Crippen molar-refractivity contribution >= 4 is 11.9 Å². The van der Waals surface area contributed by atoms with Gasteiger partial charge in [0.15, 0.2) is 5.54 Å². The molecule has 2 aromatic rings. The van der Waals surface area contributed by atoms with E-state index in [-0.39, 0.29) is 0 Å². The lowest BCUT2D eigenvalue weighted by Crippen LogP contribution is -2.43. The Bertz CT molecular complexity index is 781. The molecule has 3 amide bonds. The molecule has 1 saturated heterocycles.